The van der Waals surface area contributed by atoms with E-state index in [0.29, 0.717) is 5.22 Å². The van der Waals surface area contributed by atoms with Crippen LogP contribution in [0.1, 0.15) is 19.6 Å². The van der Waals surface area contributed by atoms with E-state index >= 15 is 0 Å². The maximum Gasteiger partial charge on any atom is 0.193 e. The lowest BCUT2D eigenvalue weighted by atomic mass is 10.00. The number of furan rings is 1. The summed E-state index contributed by atoms with van der Waals surface area (Å²) in [6.07, 6.45) is 0. The van der Waals surface area contributed by atoms with Crippen molar-refractivity contribution in [1.29, 1.82) is 5.26 Å². The standard InChI is InChI=1S/C10H12ClNOS/c1-10(2,6-12)7-14-5-8-3-4-9(11)13-8/h3-4H,5,7H2,1-2H3. The molecule has 0 aliphatic heterocycles. The van der Waals surface area contributed by atoms with E-state index in [0.717, 1.165) is 17.3 Å². The summed E-state index contributed by atoms with van der Waals surface area (Å²) in [4.78, 5) is 0. The normalized spacial score (nSPS) is 11.3. The number of nitrogens with zero attached hydrogens (tertiary/aromatic N) is 1. The first kappa shape index (κ1) is 11.5. The third-order valence-corrected chi connectivity index (χ3v) is 3.26. The molecule has 0 amide bonds. The van der Waals surface area contributed by atoms with Crippen LogP contribution in [0, 0.1) is 16.7 Å². The fourth-order valence-corrected chi connectivity index (χ4v) is 2.06. The quantitative estimate of drug-likeness (QED) is 0.790. The third kappa shape index (κ3) is 3.65. The molecule has 4 heteroatoms. The van der Waals surface area contributed by atoms with Crippen molar-refractivity contribution in [2.24, 2.45) is 5.41 Å². The summed E-state index contributed by atoms with van der Waals surface area (Å²) in [5, 5.41) is 9.20. The summed E-state index contributed by atoms with van der Waals surface area (Å²) < 4.78 is 5.19. The minimum absolute atomic E-state index is 0.277. The van der Waals surface area contributed by atoms with Gasteiger partial charge in [-0.25, -0.2) is 0 Å². The molecule has 1 heterocycles. The van der Waals surface area contributed by atoms with Crippen LogP contribution in [0.25, 0.3) is 0 Å². The van der Waals surface area contributed by atoms with Crippen molar-refractivity contribution >= 4 is 23.4 Å². The molecule has 0 atom stereocenters. The number of hydrogen-bond acceptors (Lipinski definition) is 3. The second-order valence-electron chi connectivity index (χ2n) is 3.69. The number of halogens is 1. The Morgan fingerprint density at radius 1 is 1.57 bits per heavy atom. The first-order valence-corrected chi connectivity index (χ1v) is 5.80. The van der Waals surface area contributed by atoms with E-state index in [1.807, 2.05) is 19.9 Å². The van der Waals surface area contributed by atoms with Crippen LogP contribution < -0.4 is 0 Å². The molecule has 0 radical (unpaired) electrons. The van der Waals surface area contributed by atoms with Crippen LogP contribution in [0.4, 0.5) is 0 Å². The van der Waals surface area contributed by atoms with Crippen LogP contribution in [0.2, 0.25) is 5.22 Å². The lowest BCUT2D eigenvalue weighted by Gasteiger charge is -2.13. The van der Waals surface area contributed by atoms with Gasteiger partial charge in [0.1, 0.15) is 5.76 Å². The van der Waals surface area contributed by atoms with Crippen molar-refractivity contribution in [2.75, 3.05) is 5.75 Å². The average Bonchev–Trinajstić information content (AvgIpc) is 2.51. The van der Waals surface area contributed by atoms with Crippen molar-refractivity contribution in [3.05, 3.63) is 23.1 Å². The maximum absolute atomic E-state index is 8.79. The molecule has 0 saturated heterocycles. The van der Waals surface area contributed by atoms with Crippen LogP contribution in [0.15, 0.2) is 16.5 Å². The molecule has 0 aliphatic carbocycles. The van der Waals surface area contributed by atoms with E-state index in [-0.39, 0.29) is 5.41 Å². The van der Waals surface area contributed by atoms with E-state index in [9.17, 15) is 0 Å². The molecule has 14 heavy (non-hydrogen) atoms. The summed E-state index contributed by atoms with van der Waals surface area (Å²) in [6.45, 7) is 3.85. The second kappa shape index (κ2) is 4.77. The fourth-order valence-electron chi connectivity index (χ4n) is 0.868. The Hall–Kier alpha value is -0.590. The van der Waals surface area contributed by atoms with E-state index < -0.39 is 0 Å². The molecule has 1 aromatic rings. The SMILES string of the molecule is CC(C)(C#N)CSCc1ccc(Cl)o1. The molecule has 0 spiro atoms. The Balaban J connectivity index is 2.33. The molecular weight excluding hydrogens is 218 g/mol. The summed E-state index contributed by atoms with van der Waals surface area (Å²) in [6, 6.07) is 5.84. The van der Waals surface area contributed by atoms with Gasteiger partial charge < -0.3 is 4.42 Å². The largest absolute Gasteiger partial charge is 0.449 e. The molecular formula is C10H12ClNOS. The predicted octanol–water partition coefficient (Wildman–Crippen LogP) is 3.72. The minimum Gasteiger partial charge on any atom is -0.449 e. The van der Waals surface area contributed by atoms with Crippen molar-refractivity contribution in [2.45, 2.75) is 19.6 Å². The van der Waals surface area contributed by atoms with Gasteiger partial charge in [-0.05, 0) is 37.6 Å². The van der Waals surface area contributed by atoms with E-state index in [1.54, 1.807) is 17.8 Å². The van der Waals surface area contributed by atoms with E-state index in [4.69, 9.17) is 21.3 Å². The van der Waals surface area contributed by atoms with Gasteiger partial charge in [-0.2, -0.15) is 17.0 Å². The van der Waals surface area contributed by atoms with Crippen LogP contribution in [0.3, 0.4) is 0 Å². The van der Waals surface area contributed by atoms with Crippen molar-refractivity contribution in [3.63, 3.8) is 0 Å². The Labute approximate surface area is 93.2 Å². The Morgan fingerprint density at radius 2 is 2.29 bits per heavy atom. The zero-order chi connectivity index (χ0) is 10.6. The van der Waals surface area contributed by atoms with Crippen LogP contribution in [0.5, 0.6) is 0 Å². The zero-order valence-electron chi connectivity index (χ0n) is 8.21. The molecule has 0 fully saturated rings. The van der Waals surface area contributed by atoms with Gasteiger partial charge in [0, 0.05) is 5.75 Å². The maximum atomic E-state index is 8.79. The fraction of sp³-hybridized carbons (Fsp3) is 0.500. The van der Waals surface area contributed by atoms with Crippen molar-refractivity contribution in [1.82, 2.24) is 0 Å². The number of hydrogen-bond donors (Lipinski definition) is 0. The Bertz CT molecular complexity index is 340. The lowest BCUT2D eigenvalue weighted by molar-refractivity contribution is 0.531. The van der Waals surface area contributed by atoms with Crippen LogP contribution in [-0.4, -0.2) is 5.75 Å². The minimum atomic E-state index is -0.277. The van der Waals surface area contributed by atoms with Gasteiger partial charge in [0.2, 0.25) is 0 Å². The summed E-state index contributed by atoms with van der Waals surface area (Å²) in [5.41, 5.74) is -0.277. The molecule has 0 aromatic carbocycles. The Morgan fingerprint density at radius 3 is 2.79 bits per heavy atom. The van der Waals surface area contributed by atoms with Gasteiger partial charge in [0.05, 0.1) is 17.2 Å². The predicted molar refractivity (Wildman–Crippen MR) is 59.3 cm³/mol. The smallest absolute Gasteiger partial charge is 0.193 e. The van der Waals surface area contributed by atoms with Gasteiger partial charge in [-0.15, -0.1) is 0 Å². The molecule has 2 nitrogen and oxygen atoms in total. The topological polar surface area (TPSA) is 36.9 Å². The molecule has 1 aromatic heterocycles. The van der Waals surface area contributed by atoms with Crippen molar-refractivity contribution < 1.29 is 4.42 Å². The first-order valence-electron chi connectivity index (χ1n) is 4.27. The van der Waals surface area contributed by atoms with Crippen LogP contribution in [-0.2, 0) is 5.75 Å². The summed E-state index contributed by atoms with van der Waals surface area (Å²) in [7, 11) is 0. The highest BCUT2D eigenvalue weighted by Gasteiger charge is 2.16. The number of rotatable bonds is 4. The van der Waals surface area contributed by atoms with E-state index in [2.05, 4.69) is 6.07 Å². The van der Waals surface area contributed by atoms with Crippen LogP contribution >= 0.6 is 23.4 Å². The summed E-state index contributed by atoms with van der Waals surface area (Å²) >= 11 is 7.30. The molecule has 0 saturated carbocycles. The molecule has 76 valence electrons. The van der Waals surface area contributed by atoms with Gasteiger partial charge in [-0.1, -0.05) is 0 Å². The van der Waals surface area contributed by atoms with Gasteiger partial charge in [-0.3, -0.25) is 0 Å². The van der Waals surface area contributed by atoms with Gasteiger partial charge >= 0.3 is 0 Å². The highest BCUT2D eigenvalue weighted by molar-refractivity contribution is 7.98. The lowest BCUT2D eigenvalue weighted by Crippen LogP contribution is -2.11. The molecule has 1 rings (SSSR count). The molecule has 0 unspecified atom stereocenters. The zero-order valence-corrected chi connectivity index (χ0v) is 9.78. The average molecular weight is 230 g/mol. The van der Waals surface area contributed by atoms with E-state index in [1.165, 1.54) is 0 Å². The van der Waals surface area contributed by atoms with Gasteiger partial charge in [0.15, 0.2) is 5.22 Å². The first-order chi connectivity index (χ1) is 6.53. The number of nitriles is 1. The van der Waals surface area contributed by atoms with Crippen molar-refractivity contribution in [3.8, 4) is 6.07 Å². The van der Waals surface area contributed by atoms with Gasteiger partial charge in [0.25, 0.3) is 0 Å². The molecule has 0 aliphatic rings. The molecule has 0 N–H and O–H groups in total. The highest BCUT2D eigenvalue weighted by atomic mass is 35.5. The third-order valence-electron chi connectivity index (χ3n) is 1.64. The molecule has 0 bridgehead atoms. The monoisotopic (exact) mass is 229 g/mol. The second-order valence-corrected chi connectivity index (χ2v) is 5.05. The summed E-state index contributed by atoms with van der Waals surface area (Å²) in [5.74, 6) is 2.41. The Kier molecular flexibility index (Phi) is 3.91. The highest BCUT2D eigenvalue weighted by Crippen LogP contribution is 2.24. The number of thioether (sulfide) groups is 1.